The largest absolute Gasteiger partial charge is 0.352 e. The SMILES string of the molecule is CC(CCNC(=O)c1cc(Cl)c(Cl)c([N+](=O)[O-])c1)S(C)=O. The van der Waals surface area contributed by atoms with Crippen molar-refractivity contribution in [3.8, 4) is 0 Å². The zero-order valence-corrected chi connectivity index (χ0v) is 13.7. The summed E-state index contributed by atoms with van der Waals surface area (Å²) in [7, 11) is -0.965. The molecule has 1 aromatic carbocycles. The number of nitro benzene ring substituents is 1. The van der Waals surface area contributed by atoms with Crippen LogP contribution in [0.5, 0.6) is 0 Å². The molecule has 21 heavy (non-hydrogen) atoms. The molecule has 0 radical (unpaired) electrons. The second kappa shape index (κ2) is 7.72. The molecule has 0 aliphatic rings. The maximum absolute atomic E-state index is 11.9. The summed E-state index contributed by atoms with van der Waals surface area (Å²) < 4.78 is 11.2. The van der Waals surface area contributed by atoms with Gasteiger partial charge in [0.1, 0.15) is 5.02 Å². The minimum Gasteiger partial charge on any atom is -0.352 e. The number of halogens is 2. The van der Waals surface area contributed by atoms with Crippen molar-refractivity contribution < 1.29 is 13.9 Å². The number of benzene rings is 1. The molecule has 1 amide bonds. The van der Waals surface area contributed by atoms with Gasteiger partial charge in [-0.25, -0.2) is 0 Å². The molecule has 0 aliphatic carbocycles. The molecular formula is C12H14Cl2N2O4S. The Bertz CT molecular complexity index is 595. The van der Waals surface area contributed by atoms with E-state index >= 15 is 0 Å². The van der Waals surface area contributed by atoms with Crippen LogP contribution in [0.3, 0.4) is 0 Å². The summed E-state index contributed by atoms with van der Waals surface area (Å²) in [5.41, 5.74) is -0.362. The predicted octanol–water partition coefficient (Wildman–Crippen LogP) is 2.79. The second-order valence-electron chi connectivity index (χ2n) is 4.40. The fourth-order valence-corrected chi connectivity index (χ4v) is 2.34. The van der Waals surface area contributed by atoms with Gasteiger partial charge in [-0.1, -0.05) is 30.1 Å². The van der Waals surface area contributed by atoms with E-state index in [9.17, 15) is 19.1 Å². The van der Waals surface area contributed by atoms with Gasteiger partial charge < -0.3 is 5.32 Å². The number of rotatable bonds is 6. The van der Waals surface area contributed by atoms with Crippen LogP contribution in [-0.4, -0.2) is 33.1 Å². The first-order valence-corrected chi connectivity index (χ1v) is 8.35. The lowest BCUT2D eigenvalue weighted by Crippen LogP contribution is -2.27. The van der Waals surface area contributed by atoms with Crippen LogP contribution in [0.2, 0.25) is 10.0 Å². The highest BCUT2D eigenvalue weighted by atomic mass is 35.5. The van der Waals surface area contributed by atoms with Crippen molar-refractivity contribution in [2.75, 3.05) is 12.8 Å². The summed E-state index contributed by atoms with van der Waals surface area (Å²) in [6.45, 7) is 2.12. The fraction of sp³-hybridized carbons (Fsp3) is 0.417. The second-order valence-corrected chi connectivity index (χ2v) is 6.99. The molecule has 1 N–H and O–H groups in total. The summed E-state index contributed by atoms with van der Waals surface area (Å²) in [6.07, 6.45) is 2.13. The number of amides is 1. The summed E-state index contributed by atoms with van der Waals surface area (Å²) in [4.78, 5) is 22.0. The van der Waals surface area contributed by atoms with Gasteiger partial charge in [0, 0.05) is 40.5 Å². The Morgan fingerprint density at radius 1 is 1.48 bits per heavy atom. The van der Waals surface area contributed by atoms with Gasteiger partial charge in [-0.15, -0.1) is 0 Å². The molecule has 116 valence electrons. The molecule has 0 aliphatic heterocycles. The lowest BCUT2D eigenvalue weighted by Gasteiger charge is -2.10. The van der Waals surface area contributed by atoms with Crippen molar-refractivity contribution in [1.82, 2.24) is 5.32 Å². The van der Waals surface area contributed by atoms with Crippen LogP contribution in [0.4, 0.5) is 5.69 Å². The van der Waals surface area contributed by atoms with E-state index < -0.39 is 27.3 Å². The summed E-state index contributed by atoms with van der Waals surface area (Å²) in [5.74, 6) is -0.495. The smallest absolute Gasteiger partial charge is 0.290 e. The molecule has 0 aromatic heterocycles. The maximum Gasteiger partial charge on any atom is 0.290 e. The van der Waals surface area contributed by atoms with Gasteiger partial charge in [0.25, 0.3) is 11.6 Å². The van der Waals surface area contributed by atoms with Crippen LogP contribution in [0.25, 0.3) is 0 Å². The van der Waals surface area contributed by atoms with Crippen molar-refractivity contribution >= 4 is 45.6 Å². The molecule has 0 heterocycles. The van der Waals surface area contributed by atoms with E-state index in [1.54, 1.807) is 6.26 Å². The molecule has 0 bridgehead atoms. The first kappa shape index (κ1) is 17.9. The number of hydrogen-bond acceptors (Lipinski definition) is 4. The van der Waals surface area contributed by atoms with Crippen LogP contribution >= 0.6 is 23.2 Å². The zero-order chi connectivity index (χ0) is 16.2. The average Bonchev–Trinajstić information content (AvgIpc) is 2.40. The van der Waals surface area contributed by atoms with Crippen LogP contribution < -0.4 is 5.32 Å². The van der Waals surface area contributed by atoms with Gasteiger partial charge in [0.2, 0.25) is 0 Å². The minimum atomic E-state index is -0.965. The third kappa shape index (κ3) is 4.94. The Labute approximate surface area is 134 Å². The molecule has 0 spiro atoms. The third-order valence-electron chi connectivity index (χ3n) is 2.87. The predicted molar refractivity (Wildman–Crippen MR) is 83.6 cm³/mol. The lowest BCUT2D eigenvalue weighted by molar-refractivity contribution is -0.384. The number of nitro groups is 1. The van der Waals surface area contributed by atoms with Crippen LogP contribution in [0.15, 0.2) is 12.1 Å². The molecule has 0 saturated carbocycles. The summed E-state index contributed by atoms with van der Waals surface area (Å²) in [5, 5.41) is 13.1. The van der Waals surface area contributed by atoms with Crippen molar-refractivity contribution in [1.29, 1.82) is 0 Å². The average molecular weight is 353 g/mol. The maximum atomic E-state index is 11.9. The first-order chi connectivity index (χ1) is 9.73. The highest BCUT2D eigenvalue weighted by molar-refractivity contribution is 7.84. The topological polar surface area (TPSA) is 89.3 Å². The quantitative estimate of drug-likeness (QED) is 0.629. The van der Waals surface area contributed by atoms with E-state index in [2.05, 4.69) is 5.32 Å². The van der Waals surface area contributed by atoms with E-state index in [0.717, 1.165) is 6.07 Å². The Morgan fingerprint density at radius 2 is 2.10 bits per heavy atom. The zero-order valence-electron chi connectivity index (χ0n) is 11.4. The molecule has 6 nitrogen and oxygen atoms in total. The molecule has 2 atom stereocenters. The number of hydrogen-bond donors (Lipinski definition) is 1. The van der Waals surface area contributed by atoms with Crippen molar-refractivity contribution in [3.05, 3.63) is 37.9 Å². The highest BCUT2D eigenvalue weighted by Crippen LogP contribution is 2.32. The Hall–Kier alpha value is -1.18. The van der Waals surface area contributed by atoms with Crippen molar-refractivity contribution in [2.24, 2.45) is 0 Å². The van der Waals surface area contributed by atoms with Crippen molar-refractivity contribution in [2.45, 2.75) is 18.6 Å². The Morgan fingerprint density at radius 3 is 2.62 bits per heavy atom. The van der Waals surface area contributed by atoms with Gasteiger partial charge in [0.05, 0.1) is 9.95 Å². The van der Waals surface area contributed by atoms with Gasteiger partial charge >= 0.3 is 0 Å². The van der Waals surface area contributed by atoms with E-state index in [1.807, 2.05) is 6.92 Å². The number of carbonyl (C=O) groups is 1. The van der Waals surface area contributed by atoms with Crippen molar-refractivity contribution in [3.63, 3.8) is 0 Å². The van der Waals surface area contributed by atoms with Crippen LogP contribution in [0, 0.1) is 10.1 Å². The van der Waals surface area contributed by atoms with Gasteiger partial charge in [0.15, 0.2) is 0 Å². The van der Waals surface area contributed by atoms with Gasteiger partial charge in [-0.2, -0.15) is 0 Å². The molecule has 0 saturated heterocycles. The van der Waals surface area contributed by atoms with Gasteiger partial charge in [-0.05, 0) is 12.5 Å². The Balaban J connectivity index is 2.79. The Kier molecular flexibility index (Phi) is 6.57. The fourth-order valence-electron chi connectivity index (χ4n) is 1.50. The standard InChI is InChI=1S/C12H14Cl2N2O4S/c1-7(21(2)20)3-4-15-12(17)8-5-9(13)11(14)10(6-8)16(18)19/h5-7H,3-4H2,1-2H3,(H,15,17). The van der Waals surface area contributed by atoms with Crippen LogP contribution in [0.1, 0.15) is 23.7 Å². The number of nitrogens with zero attached hydrogens (tertiary/aromatic N) is 1. The molecule has 1 rings (SSSR count). The summed E-state index contributed by atoms with van der Waals surface area (Å²) in [6, 6.07) is 2.35. The van der Waals surface area contributed by atoms with E-state index in [0.29, 0.717) is 13.0 Å². The minimum absolute atomic E-state index is 0.0477. The lowest BCUT2D eigenvalue weighted by atomic mass is 10.2. The molecule has 0 fully saturated rings. The molecule has 2 unspecified atom stereocenters. The monoisotopic (exact) mass is 352 g/mol. The number of nitrogens with one attached hydrogen (secondary N) is 1. The number of carbonyl (C=O) groups excluding carboxylic acids is 1. The highest BCUT2D eigenvalue weighted by Gasteiger charge is 2.20. The third-order valence-corrected chi connectivity index (χ3v) is 5.03. The molecule has 9 heteroatoms. The molecule has 1 aromatic rings. The van der Waals surface area contributed by atoms with E-state index in [1.165, 1.54) is 6.07 Å². The van der Waals surface area contributed by atoms with E-state index in [-0.39, 0.29) is 20.9 Å². The normalized spacial score (nSPS) is 13.5. The van der Waals surface area contributed by atoms with E-state index in [4.69, 9.17) is 23.2 Å². The summed E-state index contributed by atoms with van der Waals surface area (Å²) >= 11 is 11.5. The molecular weight excluding hydrogens is 339 g/mol. The van der Waals surface area contributed by atoms with Crippen LogP contribution in [-0.2, 0) is 10.8 Å². The van der Waals surface area contributed by atoms with Gasteiger partial charge in [-0.3, -0.25) is 19.1 Å². The first-order valence-electron chi connectivity index (χ1n) is 5.98.